The number of amidine groups is 1. The first-order valence-corrected chi connectivity index (χ1v) is 15.3. The van der Waals surface area contributed by atoms with Gasteiger partial charge in [0.05, 0.1) is 12.2 Å². The van der Waals surface area contributed by atoms with Gasteiger partial charge in [0, 0.05) is 36.5 Å². The number of aliphatic carboxylic acids is 1. The molecule has 2 fully saturated rings. The van der Waals surface area contributed by atoms with Gasteiger partial charge in [-0.3, -0.25) is 19.3 Å². The van der Waals surface area contributed by atoms with Crippen LogP contribution in [0.15, 0.2) is 47.5 Å². The molecule has 10 heteroatoms. The maximum Gasteiger partial charge on any atom is 0.317 e. The number of carboxylic acid groups (broad SMARTS) is 1. The van der Waals surface area contributed by atoms with Crippen molar-refractivity contribution >= 4 is 29.3 Å². The summed E-state index contributed by atoms with van der Waals surface area (Å²) in [5, 5.41) is 15.1. The van der Waals surface area contributed by atoms with Crippen LogP contribution < -0.4 is 15.4 Å². The van der Waals surface area contributed by atoms with Gasteiger partial charge in [0.1, 0.15) is 23.5 Å². The first kappa shape index (κ1) is 30.7. The smallest absolute Gasteiger partial charge is 0.317 e. The Bertz CT molecular complexity index is 1350. The minimum Gasteiger partial charge on any atom is -0.490 e. The van der Waals surface area contributed by atoms with Gasteiger partial charge in [0.25, 0.3) is 5.91 Å². The van der Waals surface area contributed by atoms with E-state index >= 15 is 0 Å². The third kappa shape index (κ3) is 7.98. The second-order valence-electron chi connectivity index (χ2n) is 12.3. The van der Waals surface area contributed by atoms with Crippen LogP contribution in [0.4, 0.5) is 10.1 Å². The molecule has 2 amide bonds. The molecule has 230 valence electrons. The first-order valence-electron chi connectivity index (χ1n) is 15.3. The number of amides is 2. The number of benzene rings is 2. The van der Waals surface area contributed by atoms with Crippen molar-refractivity contribution in [3.05, 3.63) is 59.4 Å². The summed E-state index contributed by atoms with van der Waals surface area (Å²) in [4.78, 5) is 43.7. The SMILES string of the molecule is CC(C)NC(=O)C1CCC(C2Cc3cc(OC4CCN(CC(=O)O)CC4)ccc3N=C2NC(=O)c2ccc(F)cc2)CC1. The van der Waals surface area contributed by atoms with E-state index < -0.39 is 11.8 Å². The van der Waals surface area contributed by atoms with E-state index in [4.69, 9.17) is 14.8 Å². The van der Waals surface area contributed by atoms with E-state index in [1.807, 2.05) is 36.9 Å². The monoisotopic (exact) mass is 592 g/mol. The fourth-order valence-electron chi connectivity index (χ4n) is 6.51. The quantitative estimate of drug-likeness (QED) is 0.408. The zero-order valence-electron chi connectivity index (χ0n) is 24.9. The van der Waals surface area contributed by atoms with Crippen LogP contribution in [0.5, 0.6) is 5.75 Å². The summed E-state index contributed by atoms with van der Waals surface area (Å²) in [5.41, 5.74) is 2.19. The molecule has 0 radical (unpaired) electrons. The molecule has 0 spiro atoms. The normalized spacial score (nSPS) is 22.8. The van der Waals surface area contributed by atoms with Gasteiger partial charge >= 0.3 is 5.97 Å². The molecule has 5 rings (SSSR count). The molecule has 1 saturated carbocycles. The molecule has 1 unspecified atom stereocenters. The molecule has 1 saturated heterocycles. The minimum atomic E-state index is -0.815. The Hall–Kier alpha value is -3.79. The third-order valence-corrected chi connectivity index (χ3v) is 8.77. The number of nitrogens with zero attached hydrogens (tertiary/aromatic N) is 2. The summed E-state index contributed by atoms with van der Waals surface area (Å²) in [6.07, 6.45) is 5.50. The number of hydrogen-bond acceptors (Lipinski definition) is 6. The van der Waals surface area contributed by atoms with E-state index in [0.29, 0.717) is 30.9 Å². The molecule has 2 aliphatic heterocycles. The van der Waals surface area contributed by atoms with Crippen molar-refractivity contribution in [2.75, 3.05) is 19.6 Å². The number of carboxylic acids is 1. The summed E-state index contributed by atoms with van der Waals surface area (Å²) >= 11 is 0. The van der Waals surface area contributed by atoms with Gasteiger partial charge in [-0.25, -0.2) is 9.38 Å². The minimum absolute atomic E-state index is 0.00867. The van der Waals surface area contributed by atoms with Gasteiger partial charge in [0.15, 0.2) is 0 Å². The number of piperidine rings is 1. The predicted molar refractivity (Wildman–Crippen MR) is 161 cm³/mol. The van der Waals surface area contributed by atoms with Crippen molar-refractivity contribution in [1.29, 1.82) is 0 Å². The Morgan fingerprint density at radius 3 is 2.37 bits per heavy atom. The summed E-state index contributed by atoms with van der Waals surface area (Å²) in [7, 11) is 0. The average molecular weight is 593 g/mol. The molecule has 3 N–H and O–H groups in total. The number of aliphatic imine (C=N–C) groups is 1. The maximum atomic E-state index is 13.5. The van der Waals surface area contributed by atoms with E-state index in [-0.39, 0.29) is 48.3 Å². The summed E-state index contributed by atoms with van der Waals surface area (Å²) in [5.74, 6) is 0.125. The van der Waals surface area contributed by atoms with Gasteiger partial charge in [-0.15, -0.1) is 0 Å². The highest BCUT2D eigenvalue weighted by atomic mass is 19.1. The van der Waals surface area contributed by atoms with E-state index in [0.717, 1.165) is 55.5 Å². The van der Waals surface area contributed by atoms with Crippen LogP contribution in [0.3, 0.4) is 0 Å². The maximum absolute atomic E-state index is 13.5. The highest BCUT2D eigenvalue weighted by molar-refractivity contribution is 6.08. The highest BCUT2D eigenvalue weighted by Crippen LogP contribution is 2.40. The number of carbonyl (C=O) groups excluding carboxylic acids is 2. The lowest BCUT2D eigenvalue weighted by Gasteiger charge is -2.36. The molecule has 1 aliphatic carbocycles. The highest BCUT2D eigenvalue weighted by Gasteiger charge is 2.36. The lowest BCUT2D eigenvalue weighted by molar-refractivity contribution is -0.138. The van der Waals surface area contributed by atoms with Gasteiger partial charge in [-0.1, -0.05) is 0 Å². The zero-order valence-corrected chi connectivity index (χ0v) is 24.9. The lowest BCUT2D eigenvalue weighted by atomic mass is 9.72. The van der Waals surface area contributed by atoms with Crippen molar-refractivity contribution in [1.82, 2.24) is 15.5 Å². The molecule has 1 atom stereocenters. The Morgan fingerprint density at radius 1 is 1.02 bits per heavy atom. The molecule has 43 heavy (non-hydrogen) atoms. The van der Waals surface area contributed by atoms with E-state index in [2.05, 4.69) is 10.6 Å². The lowest BCUT2D eigenvalue weighted by Crippen LogP contribution is -2.43. The molecule has 3 aliphatic rings. The van der Waals surface area contributed by atoms with Gasteiger partial charge in [0.2, 0.25) is 5.91 Å². The number of halogens is 1. The van der Waals surface area contributed by atoms with Crippen LogP contribution in [-0.4, -0.2) is 65.4 Å². The molecular weight excluding hydrogens is 551 g/mol. The Balaban J connectivity index is 1.31. The summed E-state index contributed by atoms with van der Waals surface area (Å²) in [6.45, 7) is 5.35. The van der Waals surface area contributed by atoms with Crippen molar-refractivity contribution < 1.29 is 28.6 Å². The van der Waals surface area contributed by atoms with Crippen LogP contribution in [0.1, 0.15) is 68.3 Å². The number of nitrogens with one attached hydrogen (secondary N) is 2. The second kappa shape index (κ2) is 13.7. The molecule has 9 nitrogen and oxygen atoms in total. The number of ether oxygens (including phenoxy) is 1. The Labute approximate surface area is 251 Å². The van der Waals surface area contributed by atoms with Crippen molar-refractivity contribution in [3.8, 4) is 5.75 Å². The Morgan fingerprint density at radius 2 is 1.72 bits per heavy atom. The van der Waals surface area contributed by atoms with Crippen LogP contribution in [0.2, 0.25) is 0 Å². The topological polar surface area (TPSA) is 120 Å². The first-order chi connectivity index (χ1) is 20.6. The van der Waals surface area contributed by atoms with Crippen LogP contribution in [0, 0.1) is 23.6 Å². The summed E-state index contributed by atoms with van der Waals surface area (Å²) in [6, 6.07) is 11.4. The molecule has 0 bridgehead atoms. The van der Waals surface area contributed by atoms with Crippen LogP contribution in [0.25, 0.3) is 0 Å². The Kier molecular flexibility index (Phi) is 9.75. The number of fused-ring (bicyclic) bond motifs is 1. The largest absolute Gasteiger partial charge is 0.490 e. The van der Waals surface area contributed by atoms with Crippen LogP contribution in [-0.2, 0) is 16.0 Å². The molecular formula is C33H41FN4O5. The number of likely N-dealkylation sites (tertiary alicyclic amines) is 1. The molecule has 2 aromatic rings. The predicted octanol–water partition coefficient (Wildman–Crippen LogP) is 4.72. The van der Waals surface area contributed by atoms with Crippen molar-refractivity contribution in [2.24, 2.45) is 22.7 Å². The third-order valence-electron chi connectivity index (χ3n) is 8.77. The molecule has 2 aromatic carbocycles. The van der Waals surface area contributed by atoms with Crippen molar-refractivity contribution in [3.63, 3.8) is 0 Å². The van der Waals surface area contributed by atoms with Crippen LogP contribution >= 0.6 is 0 Å². The summed E-state index contributed by atoms with van der Waals surface area (Å²) < 4.78 is 19.8. The van der Waals surface area contributed by atoms with E-state index in [1.54, 1.807) is 0 Å². The number of carbonyl (C=O) groups is 3. The van der Waals surface area contributed by atoms with Gasteiger partial charge in [-0.2, -0.15) is 0 Å². The number of hydrogen-bond donors (Lipinski definition) is 3. The molecule has 0 aromatic heterocycles. The molecule has 2 heterocycles. The fourth-order valence-corrected chi connectivity index (χ4v) is 6.51. The van der Waals surface area contributed by atoms with Gasteiger partial charge < -0.3 is 20.5 Å². The second-order valence-corrected chi connectivity index (χ2v) is 12.3. The standard InChI is InChI=1S/C33H41FN4O5/c1-20(2)35-32(41)22-5-3-21(4-6-22)28-18-24-17-27(43-26-13-15-38(16-14-26)19-30(39)40)11-12-29(24)36-31(28)37-33(42)23-7-9-25(34)10-8-23/h7-12,17,20-22,26,28H,3-6,13-16,18-19H2,1-2H3,(H,35,41)(H,39,40)(H,36,37,42). The zero-order chi connectivity index (χ0) is 30.5. The van der Waals surface area contributed by atoms with E-state index in [1.165, 1.54) is 24.3 Å². The van der Waals surface area contributed by atoms with Gasteiger partial charge in [-0.05, 0) is 113 Å². The fraction of sp³-hybridized carbons (Fsp3) is 0.515. The van der Waals surface area contributed by atoms with Crippen molar-refractivity contribution in [2.45, 2.75) is 70.9 Å². The van der Waals surface area contributed by atoms with E-state index in [9.17, 15) is 18.8 Å². The average Bonchev–Trinajstić information content (AvgIpc) is 2.98. The number of rotatable bonds is 8.